The standard InChI is InChI=1S/C30H48O3/c1-18(2)22(31)10-9-19(3)20-11-16-30(8)26-21(12-15-29(20,30)7)28(6)14-13-25(33)27(4,5)24(28)17-23(26)32/h19-20,22,24-25,31,33H,1,9-17H2,2-8H3/t19-,20+,22-,24+,25+,28-,29+,30-/m1/s1. The van der Waals surface area contributed by atoms with E-state index in [1.807, 2.05) is 6.92 Å². The van der Waals surface area contributed by atoms with Gasteiger partial charge in [-0.05, 0) is 92.3 Å². The smallest absolute Gasteiger partial charge is 0.159 e. The number of rotatable bonds is 5. The lowest BCUT2D eigenvalue weighted by Gasteiger charge is -2.61. The van der Waals surface area contributed by atoms with E-state index in [1.165, 1.54) is 17.6 Å². The zero-order valence-corrected chi connectivity index (χ0v) is 22.3. The average Bonchev–Trinajstić information content (AvgIpc) is 3.02. The van der Waals surface area contributed by atoms with Gasteiger partial charge in [0.2, 0.25) is 0 Å². The lowest BCUT2D eigenvalue weighted by molar-refractivity contribution is -0.134. The number of carbonyl (C=O) groups excluding carboxylic acids is 1. The van der Waals surface area contributed by atoms with Gasteiger partial charge in [0.05, 0.1) is 12.2 Å². The van der Waals surface area contributed by atoms with Crippen LogP contribution in [0.5, 0.6) is 0 Å². The molecule has 33 heavy (non-hydrogen) atoms. The Labute approximate surface area is 202 Å². The molecule has 0 aromatic rings. The van der Waals surface area contributed by atoms with Crippen molar-refractivity contribution in [2.24, 2.45) is 39.4 Å². The monoisotopic (exact) mass is 456 g/mol. The normalized spacial score (nSPS) is 44.0. The van der Waals surface area contributed by atoms with Gasteiger partial charge >= 0.3 is 0 Å². The van der Waals surface area contributed by atoms with Crippen molar-refractivity contribution in [1.29, 1.82) is 0 Å². The average molecular weight is 457 g/mol. The van der Waals surface area contributed by atoms with E-state index in [-0.39, 0.29) is 33.7 Å². The van der Waals surface area contributed by atoms with E-state index in [2.05, 4.69) is 48.1 Å². The number of carbonyl (C=O) groups is 1. The molecule has 186 valence electrons. The van der Waals surface area contributed by atoms with Crippen LogP contribution in [0, 0.1) is 39.4 Å². The number of aliphatic hydroxyl groups excluding tert-OH is 2. The quantitative estimate of drug-likeness (QED) is 0.457. The molecule has 4 aliphatic rings. The van der Waals surface area contributed by atoms with Crippen LogP contribution in [-0.2, 0) is 4.79 Å². The Bertz CT molecular complexity index is 868. The summed E-state index contributed by atoms with van der Waals surface area (Å²) in [5, 5.41) is 21.1. The summed E-state index contributed by atoms with van der Waals surface area (Å²) in [6.07, 6.45) is 7.95. The highest BCUT2D eigenvalue weighted by molar-refractivity contribution is 5.99. The van der Waals surface area contributed by atoms with Gasteiger partial charge in [-0.25, -0.2) is 0 Å². The number of ketones is 1. The molecule has 0 heterocycles. The van der Waals surface area contributed by atoms with E-state index >= 15 is 0 Å². The number of Topliss-reactive ketones (excluding diaryl/α,β-unsaturated/α-hetero) is 1. The molecule has 2 saturated carbocycles. The molecule has 8 atom stereocenters. The lowest BCUT2D eigenvalue weighted by atomic mass is 9.43. The van der Waals surface area contributed by atoms with Crippen LogP contribution in [-0.4, -0.2) is 28.2 Å². The number of hydrogen-bond acceptors (Lipinski definition) is 3. The summed E-state index contributed by atoms with van der Waals surface area (Å²) < 4.78 is 0. The van der Waals surface area contributed by atoms with Gasteiger partial charge < -0.3 is 10.2 Å². The summed E-state index contributed by atoms with van der Waals surface area (Å²) in [7, 11) is 0. The Morgan fingerprint density at radius 2 is 1.76 bits per heavy atom. The second-order valence-corrected chi connectivity index (χ2v) is 13.6. The molecule has 0 bridgehead atoms. The Balaban J connectivity index is 1.68. The maximum Gasteiger partial charge on any atom is 0.159 e. The van der Waals surface area contributed by atoms with Crippen molar-refractivity contribution in [1.82, 2.24) is 0 Å². The first-order valence-electron chi connectivity index (χ1n) is 13.5. The largest absolute Gasteiger partial charge is 0.393 e. The fourth-order valence-electron chi connectivity index (χ4n) is 9.17. The highest BCUT2D eigenvalue weighted by atomic mass is 16.3. The van der Waals surface area contributed by atoms with E-state index < -0.39 is 6.10 Å². The van der Waals surface area contributed by atoms with Gasteiger partial charge in [-0.3, -0.25) is 4.79 Å². The first-order valence-corrected chi connectivity index (χ1v) is 13.5. The third-order valence-electron chi connectivity index (χ3n) is 11.8. The summed E-state index contributed by atoms with van der Waals surface area (Å²) in [5.74, 6) is 1.71. The molecule has 2 N–H and O–H groups in total. The molecule has 2 fully saturated rings. The maximum absolute atomic E-state index is 13.9. The maximum atomic E-state index is 13.9. The van der Waals surface area contributed by atoms with Crippen molar-refractivity contribution < 1.29 is 15.0 Å². The van der Waals surface area contributed by atoms with Gasteiger partial charge in [-0.1, -0.05) is 59.3 Å². The van der Waals surface area contributed by atoms with Crippen molar-refractivity contribution in [3.8, 4) is 0 Å². The fourth-order valence-corrected chi connectivity index (χ4v) is 9.17. The predicted octanol–water partition coefficient (Wildman–Crippen LogP) is 6.63. The van der Waals surface area contributed by atoms with Crippen molar-refractivity contribution in [2.45, 2.75) is 118 Å². The first-order chi connectivity index (χ1) is 15.2. The van der Waals surface area contributed by atoms with E-state index in [4.69, 9.17) is 0 Å². The van der Waals surface area contributed by atoms with Crippen molar-refractivity contribution in [2.75, 3.05) is 0 Å². The molecular weight excluding hydrogens is 408 g/mol. The minimum absolute atomic E-state index is 0.0333. The summed E-state index contributed by atoms with van der Waals surface area (Å²) in [6.45, 7) is 19.8. The van der Waals surface area contributed by atoms with Crippen LogP contribution in [0.3, 0.4) is 0 Å². The molecule has 0 saturated heterocycles. The molecule has 0 aromatic heterocycles. The Morgan fingerprint density at radius 3 is 2.39 bits per heavy atom. The highest BCUT2D eigenvalue weighted by Gasteiger charge is 2.65. The number of aliphatic hydroxyl groups is 2. The molecule has 4 rings (SSSR count). The zero-order chi connectivity index (χ0) is 24.6. The Kier molecular flexibility index (Phi) is 6.14. The molecule has 0 spiro atoms. The van der Waals surface area contributed by atoms with Gasteiger partial charge in [-0.15, -0.1) is 0 Å². The van der Waals surface area contributed by atoms with Crippen LogP contribution < -0.4 is 0 Å². The van der Waals surface area contributed by atoms with Crippen molar-refractivity contribution in [3.63, 3.8) is 0 Å². The predicted molar refractivity (Wildman–Crippen MR) is 135 cm³/mol. The third kappa shape index (κ3) is 3.46. The minimum atomic E-state index is -0.407. The fraction of sp³-hybridized carbons (Fsp3) is 0.833. The lowest BCUT2D eigenvalue weighted by Crippen LogP contribution is -2.57. The summed E-state index contributed by atoms with van der Waals surface area (Å²) in [4.78, 5) is 13.9. The van der Waals surface area contributed by atoms with Gasteiger partial charge in [0.15, 0.2) is 5.78 Å². The minimum Gasteiger partial charge on any atom is -0.393 e. The molecule has 0 unspecified atom stereocenters. The molecule has 4 aliphatic carbocycles. The number of hydrogen-bond donors (Lipinski definition) is 2. The summed E-state index contributed by atoms with van der Waals surface area (Å²) >= 11 is 0. The van der Waals surface area contributed by atoms with Crippen LogP contribution in [0.25, 0.3) is 0 Å². The van der Waals surface area contributed by atoms with E-state index in [0.29, 0.717) is 24.0 Å². The molecule has 0 amide bonds. The second kappa shape index (κ2) is 8.05. The van der Waals surface area contributed by atoms with Gasteiger partial charge in [-0.2, -0.15) is 0 Å². The molecule has 3 nitrogen and oxygen atoms in total. The molecule has 3 heteroatoms. The van der Waals surface area contributed by atoms with Crippen LogP contribution in [0.15, 0.2) is 23.3 Å². The molecule has 0 aliphatic heterocycles. The van der Waals surface area contributed by atoms with Crippen LogP contribution in [0.1, 0.15) is 106 Å². The Morgan fingerprint density at radius 1 is 1.09 bits per heavy atom. The summed E-state index contributed by atoms with van der Waals surface area (Å²) in [5.41, 5.74) is 3.38. The molecule has 0 radical (unpaired) electrons. The number of allylic oxidation sites excluding steroid dienone is 2. The molecular formula is C30H48O3. The van der Waals surface area contributed by atoms with Gasteiger partial charge in [0.1, 0.15) is 0 Å². The van der Waals surface area contributed by atoms with Crippen LogP contribution in [0.4, 0.5) is 0 Å². The topological polar surface area (TPSA) is 57.5 Å². The van der Waals surface area contributed by atoms with E-state index in [1.54, 1.807) is 0 Å². The van der Waals surface area contributed by atoms with Crippen molar-refractivity contribution >= 4 is 5.78 Å². The van der Waals surface area contributed by atoms with Crippen LogP contribution >= 0.6 is 0 Å². The van der Waals surface area contributed by atoms with Gasteiger partial charge in [0.25, 0.3) is 0 Å². The SMILES string of the molecule is C=C(C)[C@H](O)CC[C@@H](C)[C@@H]1CC[C@]2(C)C3=C(CC[C@@]12C)[C@@]1(C)CC[C@H](O)C(C)(C)[C@@H]1CC3=O. The van der Waals surface area contributed by atoms with Crippen molar-refractivity contribution in [3.05, 3.63) is 23.3 Å². The van der Waals surface area contributed by atoms with E-state index in [9.17, 15) is 15.0 Å². The van der Waals surface area contributed by atoms with Gasteiger partial charge in [0, 0.05) is 17.4 Å². The second-order valence-electron chi connectivity index (χ2n) is 13.6. The third-order valence-corrected chi connectivity index (χ3v) is 11.8. The number of fused-ring (bicyclic) bond motifs is 4. The first kappa shape index (κ1) is 25.2. The molecule has 0 aromatic carbocycles. The van der Waals surface area contributed by atoms with E-state index in [0.717, 1.165) is 50.5 Å². The van der Waals surface area contributed by atoms with Crippen LogP contribution in [0.2, 0.25) is 0 Å². The zero-order valence-electron chi connectivity index (χ0n) is 22.3. The summed E-state index contributed by atoms with van der Waals surface area (Å²) in [6, 6.07) is 0. The Hall–Kier alpha value is -0.930. The highest BCUT2D eigenvalue weighted by Crippen LogP contribution is 2.71.